The molecule has 0 unspecified atom stereocenters. The van der Waals surface area contributed by atoms with Crippen molar-refractivity contribution >= 4 is 29.0 Å². The number of amides is 2. The van der Waals surface area contributed by atoms with E-state index >= 15 is 0 Å². The van der Waals surface area contributed by atoms with Crippen LogP contribution >= 0.6 is 22.9 Å². The van der Waals surface area contributed by atoms with Crippen LogP contribution in [0, 0.1) is 0 Å². The highest BCUT2D eigenvalue weighted by molar-refractivity contribution is 7.16. The monoisotopic (exact) mass is 339 g/mol. The van der Waals surface area contributed by atoms with Gasteiger partial charge in [-0.2, -0.15) is 0 Å². The van der Waals surface area contributed by atoms with Crippen LogP contribution in [0.25, 0.3) is 0 Å². The molecule has 0 aliphatic heterocycles. The Morgan fingerprint density at radius 1 is 1.27 bits per heavy atom. The molecule has 2 atom stereocenters. The maximum absolute atomic E-state index is 12.1. The van der Waals surface area contributed by atoms with E-state index in [0.717, 1.165) is 10.4 Å². The van der Waals surface area contributed by atoms with E-state index in [-0.39, 0.29) is 18.1 Å². The van der Waals surface area contributed by atoms with E-state index < -0.39 is 0 Å². The van der Waals surface area contributed by atoms with E-state index in [9.17, 15) is 4.79 Å². The maximum atomic E-state index is 12.1. The first-order chi connectivity index (χ1) is 10.5. The molecule has 0 saturated carbocycles. The molecule has 0 bridgehead atoms. The lowest BCUT2D eigenvalue weighted by Gasteiger charge is -2.19. The molecule has 2 N–H and O–H groups in total. The molecule has 0 radical (unpaired) electrons. The lowest BCUT2D eigenvalue weighted by molar-refractivity contribution is 0.235. The Bertz CT molecular complexity index is 647. The molecule has 118 valence electrons. The minimum absolute atomic E-state index is 0.107. The number of rotatable bonds is 5. The number of carbonyl (C=O) groups excluding carboxylic acids is 1. The Morgan fingerprint density at radius 3 is 2.64 bits per heavy atom. The van der Waals surface area contributed by atoms with Gasteiger partial charge in [0.15, 0.2) is 0 Å². The Hall–Kier alpha value is -1.79. The second-order valence-electron chi connectivity index (χ2n) is 4.82. The molecule has 2 aromatic heterocycles. The summed E-state index contributed by atoms with van der Waals surface area (Å²) in [5.74, 6) is 0.647. The second kappa shape index (κ2) is 7.47. The third-order valence-corrected chi connectivity index (χ3v) is 4.63. The number of hydrogen-bond donors (Lipinski definition) is 2. The standard InChI is InChI=1S/C15H18ClN3O2S/c1-9(11-6-7-17-8-12(11)21-3)18-15(20)19-10(2)13-4-5-14(16)22-13/h4-10H,1-3H3,(H2,18,19,20)/t9-,10+/m0/s1. The zero-order valence-corrected chi connectivity index (χ0v) is 14.2. The summed E-state index contributed by atoms with van der Waals surface area (Å²) in [7, 11) is 1.58. The number of urea groups is 1. The van der Waals surface area contributed by atoms with Crippen LogP contribution in [0.4, 0.5) is 4.79 Å². The maximum Gasteiger partial charge on any atom is 0.315 e. The highest BCUT2D eigenvalue weighted by Gasteiger charge is 2.16. The smallest absolute Gasteiger partial charge is 0.315 e. The van der Waals surface area contributed by atoms with Crippen molar-refractivity contribution in [3.05, 3.63) is 45.4 Å². The quantitative estimate of drug-likeness (QED) is 0.867. The molecule has 0 fully saturated rings. The second-order valence-corrected chi connectivity index (χ2v) is 6.57. The summed E-state index contributed by atoms with van der Waals surface area (Å²) in [5.41, 5.74) is 0.875. The number of thiophene rings is 1. The SMILES string of the molecule is COc1cnccc1[C@H](C)NC(=O)N[C@H](C)c1ccc(Cl)s1. The van der Waals surface area contributed by atoms with Crippen molar-refractivity contribution in [2.24, 2.45) is 0 Å². The number of hydrogen-bond acceptors (Lipinski definition) is 4. The van der Waals surface area contributed by atoms with Gasteiger partial charge in [0.1, 0.15) is 5.75 Å². The summed E-state index contributed by atoms with van der Waals surface area (Å²) < 4.78 is 5.96. The fourth-order valence-corrected chi connectivity index (χ4v) is 3.13. The van der Waals surface area contributed by atoms with Gasteiger partial charge in [0.25, 0.3) is 0 Å². The van der Waals surface area contributed by atoms with Crippen LogP contribution in [0.2, 0.25) is 4.34 Å². The molecule has 5 nitrogen and oxygen atoms in total. The summed E-state index contributed by atoms with van der Waals surface area (Å²) in [6.45, 7) is 3.81. The van der Waals surface area contributed by atoms with E-state index in [1.165, 1.54) is 11.3 Å². The molecule has 2 aromatic rings. The molecule has 0 saturated heterocycles. The number of carbonyl (C=O) groups is 1. The number of nitrogens with one attached hydrogen (secondary N) is 2. The van der Waals surface area contributed by atoms with Crippen molar-refractivity contribution in [2.75, 3.05) is 7.11 Å². The average Bonchev–Trinajstić information content (AvgIpc) is 2.93. The largest absolute Gasteiger partial charge is 0.495 e. The molecule has 2 rings (SSSR count). The van der Waals surface area contributed by atoms with Crippen molar-refractivity contribution < 1.29 is 9.53 Å². The van der Waals surface area contributed by atoms with Gasteiger partial charge in [-0.1, -0.05) is 11.6 Å². The van der Waals surface area contributed by atoms with Crippen molar-refractivity contribution in [2.45, 2.75) is 25.9 Å². The predicted molar refractivity (Wildman–Crippen MR) is 88.6 cm³/mol. The third-order valence-electron chi connectivity index (χ3n) is 3.22. The summed E-state index contributed by atoms with van der Waals surface area (Å²) in [6.07, 6.45) is 3.30. The van der Waals surface area contributed by atoms with Gasteiger partial charge in [-0.05, 0) is 32.0 Å². The van der Waals surface area contributed by atoms with E-state index in [1.807, 2.05) is 32.0 Å². The van der Waals surface area contributed by atoms with Gasteiger partial charge >= 0.3 is 6.03 Å². The van der Waals surface area contributed by atoms with Gasteiger partial charge in [0.05, 0.1) is 29.7 Å². The summed E-state index contributed by atoms with van der Waals surface area (Å²) >= 11 is 7.36. The number of aromatic nitrogens is 1. The predicted octanol–water partition coefficient (Wildman–Crippen LogP) is 3.93. The van der Waals surface area contributed by atoms with Crippen molar-refractivity contribution in [3.8, 4) is 5.75 Å². The Balaban J connectivity index is 1.96. The van der Waals surface area contributed by atoms with Crippen molar-refractivity contribution in [1.29, 1.82) is 0 Å². The Labute approximate surface area is 138 Å². The van der Waals surface area contributed by atoms with Crippen LogP contribution in [0.5, 0.6) is 5.75 Å². The van der Waals surface area contributed by atoms with Crippen LogP contribution in [-0.4, -0.2) is 18.1 Å². The molecule has 0 aromatic carbocycles. The fraction of sp³-hybridized carbons (Fsp3) is 0.333. The molecular formula is C15H18ClN3O2S. The Morgan fingerprint density at radius 2 is 2.00 bits per heavy atom. The van der Waals surface area contributed by atoms with E-state index in [0.29, 0.717) is 10.1 Å². The van der Waals surface area contributed by atoms with Crippen LogP contribution in [-0.2, 0) is 0 Å². The van der Waals surface area contributed by atoms with Crippen LogP contribution in [0.1, 0.15) is 36.4 Å². The highest BCUT2D eigenvalue weighted by Crippen LogP contribution is 2.27. The fourth-order valence-electron chi connectivity index (χ4n) is 2.06. The minimum Gasteiger partial charge on any atom is -0.495 e. The van der Waals surface area contributed by atoms with Crippen molar-refractivity contribution in [1.82, 2.24) is 15.6 Å². The van der Waals surface area contributed by atoms with Crippen LogP contribution < -0.4 is 15.4 Å². The topological polar surface area (TPSA) is 63.2 Å². The zero-order valence-electron chi connectivity index (χ0n) is 12.6. The number of halogens is 1. The molecule has 22 heavy (non-hydrogen) atoms. The number of ether oxygens (including phenoxy) is 1. The van der Waals surface area contributed by atoms with Gasteiger partial charge in [-0.3, -0.25) is 4.98 Å². The molecule has 2 amide bonds. The van der Waals surface area contributed by atoms with Gasteiger partial charge in [0.2, 0.25) is 0 Å². The van der Waals surface area contributed by atoms with Gasteiger partial charge in [0, 0.05) is 16.6 Å². The van der Waals surface area contributed by atoms with E-state index in [2.05, 4.69) is 15.6 Å². The highest BCUT2D eigenvalue weighted by atomic mass is 35.5. The van der Waals surface area contributed by atoms with Crippen molar-refractivity contribution in [3.63, 3.8) is 0 Å². The minimum atomic E-state index is -0.247. The number of methoxy groups -OCH3 is 1. The molecular weight excluding hydrogens is 322 g/mol. The average molecular weight is 340 g/mol. The first kappa shape index (κ1) is 16.6. The van der Waals surface area contributed by atoms with Gasteiger partial charge < -0.3 is 15.4 Å². The van der Waals surface area contributed by atoms with Gasteiger partial charge in [-0.15, -0.1) is 11.3 Å². The van der Waals surface area contributed by atoms with E-state index in [1.54, 1.807) is 19.5 Å². The lowest BCUT2D eigenvalue weighted by atomic mass is 10.1. The van der Waals surface area contributed by atoms with Crippen LogP contribution in [0.15, 0.2) is 30.6 Å². The molecule has 0 spiro atoms. The molecule has 0 aliphatic carbocycles. The zero-order chi connectivity index (χ0) is 16.1. The first-order valence-corrected chi connectivity index (χ1v) is 8.01. The summed E-state index contributed by atoms with van der Waals surface area (Å²) in [5, 5.41) is 5.79. The summed E-state index contributed by atoms with van der Waals surface area (Å²) in [6, 6.07) is 5.01. The number of pyridine rings is 1. The lowest BCUT2D eigenvalue weighted by Crippen LogP contribution is -2.38. The molecule has 0 aliphatic rings. The first-order valence-electron chi connectivity index (χ1n) is 6.81. The molecule has 7 heteroatoms. The third kappa shape index (κ3) is 4.11. The number of nitrogens with zero attached hydrogens (tertiary/aromatic N) is 1. The Kier molecular flexibility index (Phi) is 5.63. The van der Waals surface area contributed by atoms with E-state index in [4.69, 9.17) is 16.3 Å². The summed E-state index contributed by atoms with van der Waals surface area (Å²) in [4.78, 5) is 17.1. The molecule has 2 heterocycles. The van der Waals surface area contributed by atoms with Gasteiger partial charge in [-0.25, -0.2) is 4.79 Å². The van der Waals surface area contributed by atoms with Crippen LogP contribution in [0.3, 0.4) is 0 Å². The normalized spacial score (nSPS) is 13.3.